The Morgan fingerprint density at radius 3 is 2.22 bits per heavy atom. The maximum Gasteiger partial charge on any atom is 0.335 e. The lowest BCUT2D eigenvalue weighted by Gasteiger charge is -2.33. The number of carbonyl (C=O) groups excluding carboxylic acids is 6. The fraction of sp³-hybridized carbons (Fsp3) is 0.500. The zero-order chi connectivity index (χ0) is 36.9. The zero-order valence-electron chi connectivity index (χ0n) is 29.1. The van der Waals surface area contributed by atoms with Crippen LogP contribution in [0.1, 0.15) is 69.0 Å². The predicted molar refractivity (Wildman–Crippen MR) is 191 cm³/mol. The molecular formula is C36H49N6O8P. The number of urea groups is 1. The van der Waals surface area contributed by atoms with Gasteiger partial charge in [0.05, 0.1) is 34.6 Å². The van der Waals surface area contributed by atoms with Crippen LogP contribution in [0.4, 0.5) is 4.79 Å². The van der Waals surface area contributed by atoms with E-state index in [4.69, 9.17) is 4.52 Å². The number of hydrogen-bond acceptors (Lipinski definition) is 9. The number of amides is 6. The van der Waals surface area contributed by atoms with E-state index in [9.17, 15) is 33.9 Å². The molecule has 1 saturated carbocycles. The van der Waals surface area contributed by atoms with Crippen molar-refractivity contribution in [3.05, 3.63) is 71.8 Å². The SMILES string of the molecule is CCCC(NC(=O)C1CN(Cc2ccccc2)C(=O)N1C(=O)C(NC)C1CCCCC1)C(O)C(=O)NCC(=O)N[C@H](C(=O)OP)c1ccccc1. The molecule has 0 bridgehead atoms. The normalized spacial score (nSPS) is 18.7. The van der Waals surface area contributed by atoms with Crippen LogP contribution in [0.25, 0.3) is 0 Å². The minimum atomic E-state index is -1.77. The summed E-state index contributed by atoms with van der Waals surface area (Å²) >= 11 is 0. The molecule has 1 saturated heterocycles. The van der Waals surface area contributed by atoms with Crippen LogP contribution in [0.3, 0.4) is 0 Å². The lowest BCUT2D eigenvalue weighted by atomic mass is 9.83. The quantitative estimate of drug-likeness (QED) is 0.161. The third kappa shape index (κ3) is 10.3. The summed E-state index contributed by atoms with van der Waals surface area (Å²) in [4.78, 5) is 82.5. The van der Waals surface area contributed by atoms with E-state index in [1.165, 1.54) is 4.90 Å². The summed E-state index contributed by atoms with van der Waals surface area (Å²) in [5, 5.41) is 21.8. The van der Waals surface area contributed by atoms with Gasteiger partial charge in [0.2, 0.25) is 17.7 Å². The van der Waals surface area contributed by atoms with Crippen LogP contribution >= 0.6 is 9.47 Å². The molecule has 5 unspecified atom stereocenters. The van der Waals surface area contributed by atoms with Crippen LogP contribution in [0.5, 0.6) is 0 Å². The van der Waals surface area contributed by atoms with Crippen LogP contribution in [-0.2, 0) is 35.0 Å². The van der Waals surface area contributed by atoms with E-state index in [1.807, 2.05) is 46.7 Å². The first-order valence-electron chi connectivity index (χ1n) is 17.4. The Bertz CT molecular complexity index is 1510. The van der Waals surface area contributed by atoms with Gasteiger partial charge >= 0.3 is 12.0 Å². The lowest BCUT2D eigenvalue weighted by Crippen LogP contribution is -2.59. The summed E-state index contributed by atoms with van der Waals surface area (Å²) in [7, 11) is 3.51. The monoisotopic (exact) mass is 724 g/mol. The third-order valence-corrected chi connectivity index (χ3v) is 9.66. The summed E-state index contributed by atoms with van der Waals surface area (Å²) in [6.07, 6.45) is 3.59. The topological polar surface area (TPSA) is 186 Å². The average molecular weight is 725 g/mol. The van der Waals surface area contributed by atoms with E-state index in [1.54, 1.807) is 37.4 Å². The summed E-state index contributed by atoms with van der Waals surface area (Å²) in [5.41, 5.74) is 1.30. The number of aliphatic hydroxyl groups is 1. The van der Waals surface area contributed by atoms with Crippen LogP contribution < -0.4 is 21.3 Å². The second kappa shape index (κ2) is 19.3. The molecule has 2 aromatic rings. The molecule has 0 aromatic heterocycles. The fourth-order valence-corrected chi connectivity index (χ4v) is 6.91. The molecule has 14 nitrogen and oxygen atoms in total. The standard InChI is InChI=1S/C36H49N6O8P/c1-3-13-26(31(44)33(46)38-20-28(43)40-30(35(48)50-51)25-18-11-6-12-19-25)39-32(45)27-22-41(21-23-14-7-4-8-15-23)36(49)42(27)34(47)29(37-2)24-16-9-5-10-17-24/h4,6-8,11-12,14-15,18-19,24,26-27,29-31,37,44H,3,5,9-10,13,16-17,20-22,51H2,1-2H3,(H,38,46)(H,39,45)(H,40,43)/t26?,27?,29?,30-,31?/m0/s1. The lowest BCUT2D eigenvalue weighted by molar-refractivity contribution is -0.140. The molecule has 2 fully saturated rings. The van der Waals surface area contributed by atoms with Gasteiger partial charge in [0.25, 0.3) is 5.91 Å². The predicted octanol–water partition coefficient (Wildman–Crippen LogP) is 1.94. The molecule has 6 atom stereocenters. The fourth-order valence-electron chi connectivity index (χ4n) is 6.77. The molecule has 6 amide bonds. The molecule has 15 heteroatoms. The molecule has 276 valence electrons. The Hall–Kier alpha value is -4.39. The number of nitrogens with one attached hydrogen (secondary N) is 4. The maximum atomic E-state index is 14.1. The van der Waals surface area contributed by atoms with Crippen LogP contribution in [0.15, 0.2) is 60.7 Å². The Morgan fingerprint density at radius 1 is 0.961 bits per heavy atom. The first-order chi connectivity index (χ1) is 24.6. The second-order valence-electron chi connectivity index (χ2n) is 13.0. The van der Waals surface area contributed by atoms with E-state index in [0.717, 1.165) is 42.6 Å². The molecule has 5 N–H and O–H groups in total. The molecule has 2 aliphatic rings. The number of likely N-dealkylation sites (N-methyl/N-ethyl adjacent to an activating group) is 1. The number of benzene rings is 2. The summed E-state index contributed by atoms with van der Waals surface area (Å²) in [6.45, 7) is 1.35. The highest BCUT2D eigenvalue weighted by Crippen LogP contribution is 2.29. The number of nitrogens with zero attached hydrogens (tertiary/aromatic N) is 2. The van der Waals surface area contributed by atoms with E-state index >= 15 is 0 Å². The smallest absolute Gasteiger partial charge is 0.335 e. The first-order valence-corrected chi connectivity index (χ1v) is 17.9. The van der Waals surface area contributed by atoms with Crippen molar-refractivity contribution < 1.29 is 38.4 Å². The summed E-state index contributed by atoms with van der Waals surface area (Å²) in [6, 6.07) is 13.0. The van der Waals surface area contributed by atoms with Crippen molar-refractivity contribution in [2.75, 3.05) is 20.1 Å². The van der Waals surface area contributed by atoms with Crippen molar-refractivity contribution in [1.82, 2.24) is 31.1 Å². The largest absolute Gasteiger partial charge is 0.450 e. The summed E-state index contributed by atoms with van der Waals surface area (Å²) in [5.74, 6) is -3.54. The van der Waals surface area contributed by atoms with Gasteiger partial charge in [0.15, 0.2) is 12.1 Å². The van der Waals surface area contributed by atoms with Gasteiger partial charge < -0.3 is 35.8 Å². The minimum absolute atomic E-state index is 0.0148. The Kier molecular flexibility index (Phi) is 14.9. The van der Waals surface area contributed by atoms with E-state index in [2.05, 4.69) is 21.3 Å². The molecule has 1 aliphatic carbocycles. The molecule has 4 rings (SSSR count). The number of aliphatic hydroxyl groups excluding tert-OH is 1. The van der Waals surface area contributed by atoms with E-state index in [-0.39, 0.29) is 25.4 Å². The number of rotatable bonds is 16. The van der Waals surface area contributed by atoms with Gasteiger partial charge in [-0.05, 0) is 43.4 Å². The molecule has 1 heterocycles. The van der Waals surface area contributed by atoms with Crippen molar-refractivity contribution in [3.8, 4) is 0 Å². The Balaban J connectivity index is 1.46. The number of hydrogen-bond donors (Lipinski definition) is 5. The third-order valence-electron chi connectivity index (χ3n) is 9.43. The van der Waals surface area contributed by atoms with E-state index < -0.39 is 72.4 Å². The van der Waals surface area contributed by atoms with Gasteiger partial charge in [-0.25, -0.2) is 14.5 Å². The summed E-state index contributed by atoms with van der Waals surface area (Å²) < 4.78 is 4.73. The maximum absolute atomic E-state index is 14.1. The van der Waals surface area contributed by atoms with Crippen LogP contribution in [-0.4, -0.2) is 94.9 Å². The zero-order valence-corrected chi connectivity index (χ0v) is 30.2. The molecule has 0 radical (unpaired) electrons. The van der Waals surface area contributed by atoms with Crippen molar-refractivity contribution in [2.45, 2.75) is 88.7 Å². The van der Waals surface area contributed by atoms with Crippen molar-refractivity contribution in [2.24, 2.45) is 5.92 Å². The van der Waals surface area contributed by atoms with Crippen molar-refractivity contribution in [1.29, 1.82) is 0 Å². The second-order valence-corrected chi connectivity index (χ2v) is 13.2. The highest BCUT2D eigenvalue weighted by Gasteiger charge is 2.48. The molecule has 1 aliphatic heterocycles. The van der Waals surface area contributed by atoms with Gasteiger partial charge in [-0.1, -0.05) is 93.3 Å². The van der Waals surface area contributed by atoms with Gasteiger partial charge in [-0.15, -0.1) is 0 Å². The van der Waals surface area contributed by atoms with Crippen LogP contribution in [0, 0.1) is 5.92 Å². The molecule has 2 aromatic carbocycles. The number of imide groups is 1. The Labute approximate surface area is 300 Å². The number of carbonyl (C=O) groups is 6. The van der Waals surface area contributed by atoms with Gasteiger partial charge in [0.1, 0.15) is 6.04 Å². The van der Waals surface area contributed by atoms with Gasteiger partial charge in [-0.3, -0.25) is 19.2 Å². The minimum Gasteiger partial charge on any atom is -0.450 e. The highest BCUT2D eigenvalue weighted by atomic mass is 31.0. The van der Waals surface area contributed by atoms with Crippen LogP contribution in [0.2, 0.25) is 0 Å². The van der Waals surface area contributed by atoms with Gasteiger partial charge in [-0.2, -0.15) is 0 Å². The van der Waals surface area contributed by atoms with Gasteiger partial charge in [0, 0.05) is 6.54 Å². The van der Waals surface area contributed by atoms with Crippen molar-refractivity contribution in [3.63, 3.8) is 0 Å². The molecule has 0 spiro atoms. The highest BCUT2D eigenvalue weighted by molar-refractivity contribution is 7.10. The van der Waals surface area contributed by atoms with E-state index in [0.29, 0.717) is 12.0 Å². The first kappa shape index (κ1) is 39.4. The molecular weight excluding hydrogens is 675 g/mol. The Morgan fingerprint density at radius 2 is 1.61 bits per heavy atom. The molecule has 51 heavy (non-hydrogen) atoms. The average Bonchev–Trinajstić information content (AvgIpc) is 3.48. The van der Waals surface area contributed by atoms with Crippen molar-refractivity contribution >= 4 is 45.1 Å².